The second-order valence-corrected chi connectivity index (χ2v) is 8.08. The Bertz CT molecular complexity index is 813. The van der Waals surface area contributed by atoms with Gasteiger partial charge >= 0.3 is 0 Å². The molecule has 0 atom stereocenters. The fourth-order valence-corrected chi connectivity index (χ4v) is 4.53. The van der Waals surface area contributed by atoms with Crippen molar-refractivity contribution < 1.29 is 4.74 Å². The summed E-state index contributed by atoms with van der Waals surface area (Å²) in [5.74, 6) is 0. The molecule has 4 rings (SSSR count). The molecule has 0 bridgehead atoms. The summed E-state index contributed by atoms with van der Waals surface area (Å²) < 4.78 is 8.39. The van der Waals surface area contributed by atoms with Crippen LogP contribution in [0.3, 0.4) is 0 Å². The van der Waals surface area contributed by atoms with Gasteiger partial charge in [0.1, 0.15) is 6.10 Å². The van der Waals surface area contributed by atoms with Crippen LogP contribution in [0.2, 0.25) is 0 Å². The number of hydrogen-bond donors (Lipinski definition) is 0. The lowest BCUT2D eigenvalue weighted by Crippen LogP contribution is -2.37. The Morgan fingerprint density at radius 3 is 2.71 bits per heavy atom. The summed E-state index contributed by atoms with van der Waals surface area (Å²) >= 11 is 5.14. The van der Waals surface area contributed by atoms with E-state index in [-0.39, 0.29) is 6.10 Å². The highest BCUT2D eigenvalue weighted by Crippen LogP contribution is 2.31. The molecule has 3 nitrogen and oxygen atoms in total. The molecule has 0 aliphatic carbocycles. The summed E-state index contributed by atoms with van der Waals surface area (Å²) in [6.45, 7) is 3.19. The topological polar surface area (TPSA) is 25.4 Å². The fraction of sp³-hybridized carbons (Fsp3) is 0.316. The van der Waals surface area contributed by atoms with E-state index in [1.807, 2.05) is 12.1 Å². The van der Waals surface area contributed by atoms with Crippen molar-refractivity contribution in [3.8, 4) is 5.19 Å². The minimum absolute atomic E-state index is 0.279. The van der Waals surface area contributed by atoms with Crippen LogP contribution in [-0.4, -0.2) is 29.1 Å². The number of aromatic nitrogens is 1. The van der Waals surface area contributed by atoms with Crippen LogP contribution in [0.4, 0.5) is 0 Å². The van der Waals surface area contributed by atoms with E-state index in [0.29, 0.717) is 0 Å². The normalized spacial score (nSPS) is 16.5. The Balaban J connectivity index is 1.34. The van der Waals surface area contributed by atoms with Gasteiger partial charge < -0.3 is 4.74 Å². The molecule has 0 amide bonds. The van der Waals surface area contributed by atoms with Crippen molar-refractivity contribution in [1.82, 2.24) is 9.88 Å². The zero-order valence-electron chi connectivity index (χ0n) is 13.3. The summed E-state index contributed by atoms with van der Waals surface area (Å²) in [6.07, 6.45) is 2.40. The maximum atomic E-state index is 6.14. The third-order valence-corrected chi connectivity index (χ3v) is 5.78. The molecule has 124 valence electrons. The van der Waals surface area contributed by atoms with Crippen LogP contribution in [0.25, 0.3) is 10.2 Å². The largest absolute Gasteiger partial charge is 0.467 e. The van der Waals surface area contributed by atoms with Gasteiger partial charge in [0.05, 0.1) is 10.2 Å². The van der Waals surface area contributed by atoms with Gasteiger partial charge in [0, 0.05) is 24.1 Å². The minimum atomic E-state index is 0.279. The van der Waals surface area contributed by atoms with Crippen LogP contribution in [0, 0.1) is 0 Å². The molecule has 0 spiro atoms. The SMILES string of the molecule is Brc1ccc2nc(OC3CCN(Cc4ccccc4)CC3)sc2c1. The monoisotopic (exact) mass is 402 g/mol. The molecule has 1 aliphatic rings. The lowest BCUT2D eigenvalue weighted by Gasteiger charge is -2.31. The molecule has 0 saturated carbocycles. The number of ether oxygens (including phenoxy) is 1. The second-order valence-electron chi connectivity index (χ2n) is 6.17. The van der Waals surface area contributed by atoms with E-state index in [0.717, 1.165) is 47.7 Å². The third-order valence-electron chi connectivity index (χ3n) is 4.38. The summed E-state index contributed by atoms with van der Waals surface area (Å²) in [5.41, 5.74) is 2.40. The van der Waals surface area contributed by atoms with Gasteiger partial charge in [-0.05, 0) is 36.6 Å². The molecule has 3 aromatic rings. The molecule has 0 unspecified atom stereocenters. The first-order valence-corrected chi connectivity index (χ1v) is 9.86. The molecular weight excluding hydrogens is 384 g/mol. The quantitative estimate of drug-likeness (QED) is 0.606. The third kappa shape index (κ3) is 3.79. The van der Waals surface area contributed by atoms with Gasteiger partial charge in [0.2, 0.25) is 0 Å². The average molecular weight is 403 g/mol. The Morgan fingerprint density at radius 2 is 1.92 bits per heavy atom. The molecule has 1 fully saturated rings. The van der Waals surface area contributed by atoms with Crippen LogP contribution in [0.5, 0.6) is 5.19 Å². The number of halogens is 1. The predicted molar refractivity (Wildman–Crippen MR) is 103 cm³/mol. The van der Waals surface area contributed by atoms with Gasteiger partial charge in [-0.2, -0.15) is 0 Å². The van der Waals surface area contributed by atoms with Crippen LogP contribution < -0.4 is 4.74 Å². The molecule has 1 saturated heterocycles. The molecule has 5 heteroatoms. The number of fused-ring (bicyclic) bond motifs is 1. The van der Waals surface area contributed by atoms with Gasteiger partial charge in [-0.15, -0.1) is 0 Å². The molecule has 0 N–H and O–H groups in total. The highest BCUT2D eigenvalue weighted by Gasteiger charge is 2.21. The average Bonchev–Trinajstić information content (AvgIpc) is 2.99. The fourth-order valence-electron chi connectivity index (χ4n) is 3.10. The molecule has 1 aliphatic heterocycles. The maximum Gasteiger partial charge on any atom is 0.274 e. The van der Waals surface area contributed by atoms with Crippen LogP contribution >= 0.6 is 27.3 Å². The first kappa shape index (κ1) is 16.1. The van der Waals surface area contributed by atoms with Gasteiger partial charge in [0.15, 0.2) is 0 Å². The first-order chi connectivity index (χ1) is 11.8. The lowest BCUT2D eigenvalue weighted by atomic mass is 10.1. The lowest BCUT2D eigenvalue weighted by molar-refractivity contribution is 0.0967. The van der Waals surface area contributed by atoms with Crippen molar-refractivity contribution in [3.63, 3.8) is 0 Å². The van der Waals surface area contributed by atoms with E-state index in [4.69, 9.17) is 4.74 Å². The van der Waals surface area contributed by atoms with Gasteiger partial charge in [-0.3, -0.25) is 4.90 Å². The Kier molecular flexibility index (Phi) is 4.83. The molecule has 2 heterocycles. The molecule has 0 radical (unpaired) electrons. The van der Waals surface area contributed by atoms with Crippen molar-refractivity contribution in [2.75, 3.05) is 13.1 Å². The maximum absolute atomic E-state index is 6.14. The van der Waals surface area contributed by atoms with E-state index in [1.165, 1.54) is 10.3 Å². The number of benzene rings is 2. The van der Waals surface area contributed by atoms with Crippen molar-refractivity contribution in [3.05, 3.63) is 58.6 Å². The molecular formula is C19H19BrN2OS. The minimum Gasteiger partial charge on any atom is -0.467 e. The number of nitrogens with zero attached hydrogens (tertiary/aromatic N) is 2. The van der Waals surface area contributed by atoms with E-state index >= 15 is 0 Å². The highest BCUT2D eigenvalue weighted by atomic mass is 79.9. The van der Waals surface area contributed by atoms with Gasteiger partial charge in [-0.1, -0.05) is 57.6 Å². The van der Waals surface area contributed by atoms with E-state index in [2.05, 4.69) is 62.2 Å². The summed E-state index contributed by atoms with van der Waals surface area (Å²) in [6, 6.07) is 16.8. The summed E-state index contributed by atoms with van der Waals surface area (Å²) in [5, 5.41) is 0.796. The number of likely N-dealkylation sites (tertiary alicyclic amines) is 1. The zero-order valence-corrected chi connectivity index (χ0v) is 15.7. The van der Waals surface area contributed by atoms with Gasteiger partial charge in [-0.25, -0.2) is 4.98 Å². The van der Waals surface area contributed by atoms with Crippen LogP contribution in [0.1, 0.15) is 18.4 Å². The second kappa shape index (κ2) is 7.21. The van der Waals surface area contributed by atoms with Crippen LogP contribution in [0.15, 0.2) is 53.0 Å². The van der Waals surface area contributed by atoms with Crippen molar-refractivity contribution >= 4 is 37.5 Å². The standard InChI is InChI=1S/C19H19BrN2OS/c20-15-6-7-17-18(12-15)24-19(21-17)23-16-8-10-22(11-9-16)13-14-4-2-1-3-5-14/h1-7,12,16H,8-11,13H2. The molecule has 1 aromatic heterocycles. The first-order valence-electron chi connectivity index (χ1n) is 8.25. The number of hydrogen-bond acceptors (Lipinski definition) is 4. The summed E-state index contributed by atoms with van der Waals surface area (Å²) in [7, 11) is 0. The molecule has 2 aromatic carbocycles. The van der Waals surface area contributed by atoms with E-state index in [9.17, 15) is 0 Å². The number of rotatable bonds is 4. The smallest absolute Gasteiger partial charge is 0.274 e. The van der Waals surface area contributed by atoms with Crippen molar-refractivity contribution in [2.24, 2.45) is 0 Å². The predicted octanol–water partition coefficient (Wildman–Crippen LogP) is 5.10. The highest BCUT2D eigenvalue weighted by molar-refractivity contribution is 9.10. The van der Waals surface area contributed by atoms with E-state index < -0.39 is 0 Å². The van der Waals surface area contributed by atoms with E-state index in [1.54, 1.807) is 11.3 Å². The zero-order chi connectivity index (χ0) is 16.4. The molecule has 24 heavy (non-hydrogen) atoms. The number of thiazole rings is 1. The number of piperidine rings is 1. The Morgan fingerprint density at radius 1 is 1.12 bits per heavy atom. The van der Waals surface area contributed by atoms with Crippen molar-refractivity contribution in [1.29, 1.82) is 0 Å². The Labute approximate surface area is 154 Å². The summed E-state index contributed by atoms with van der Waals surface area (Å²) in [4.78, 5) is 7.10. The van der Waals surface area contributed by atoms with Crippen LogP contribution in [-0.2, 0) is 6.54 Å². The van der Waals surface area contributed by atoms with Crippen molar-refractivity contribution in [2.45, 2.75) is 25.5 Å². The van der Waals surface area contributed by atoms with Gasteiger partial charge in [0.25, 0.3) is 5.19 Å². The Hall–Kier alpha value is -1.43.